The summed E-state index contributed by atoms with van der Waals surface area (Å²) < 4.78 is 37.8. The van der Waals surface area contributed by atoms with Gasteiger partial charge >= 0.3 is 6.18 Å². The van der Waals surface area contributed by atoms with Gasteiger partial charge < -0.3 is 11.1 Å². The molecule has 0 aliphatic heterocycles. The van der Waals surface area contributed by atoms with E-state index in [-0.39, 0.29) is 11.5 Å². The van der Waals surface area contributed by atoms with Crippen molar-refractivity contribution in [2.45, 2.75) is 12.7 Å². The van der Waals surface area contributed by atoms with E-state index in [2.05, 4.69) is 10.3 Å². The first-order chi connectivity index (χ1) is 9.86. The Morgan fingerprint density at radius 1 is 1.19 bits per heavy atom. The number of nitrogens with one attached hydrogen (secondary N) is 1. The summed E-state index contributed by atoms with van der Waals surface area (Å²) in [6, 6.07) is 10.2. The Morgan fingerprint density at radius 3 is 2.57 bits per heavy atom. The maximum Gasteiger partial charge on any atom is 0.416 e. The van der Waals surface area contributed by atoms with Crippen LogP contribution in [0.15, 0.2) is 42.5 Å². The molecule has 2 rings (SSSR count). The Kier molecular flexibility index (Phi) is 4.42. The zero-order valence-corrected chi connectivity index (χ0v) is 11.6. The van der Waals surface area contributed by atoms with Gasteiger partial charge in [0.25, 0.3) is 0 Å². The second kappa shape index (κ2) is 6.09. The normalized spacial score (nSPS) is 11.2. The smallest absolute Gasteiger partial charge is 0.388 e. The molecular formula is C14H12F3N3S. The van der Waals surface area contributed by atoms with Crippen LogP contribution in [0.2, 0.25) is 0 Å². The van der Waals surface area contributed by atoms with E-state index in [1.54, 1.807) is 24.3 Å². The van der Waals surface area contributed by atoms with Crippen LogP contribution in [0.5, 0.6) is 0 Å². The summed E-state index contributed by atoms with van der Waals surface area (Å²) in [4.78, 5) is 4.32. The molecule has 0 aliphatic rings. The molecule has 2 aromatic rings. The van der Waals surface area contributed by atoms with Gasteiger partial charge in [0.2, 0.25) is 0 Å². The quantitative estimate of drug-likeness (QED) is 0.850. The zero-order chi connectivity index (χ0) is 15.5. The second-order valence-electron chi connectivity index (χ2n) is 4.32. The van der Waals surface area contributed by atoms with Gasteiger partial charge in [-0.1, -0.05) is 30.4 Å². The minimum atomic E-state index is -4.35. The van der Waals surface area contributed by atoms with Crippen molar-refractivity contribution < 1.29 is 13.2 Å². The molecule has 1 aromatic heterocycles. The molecule has 0 saturated carbocycles. The first-order valence-electron chi connectivity index (χ1n) is 6.03. The van der Waals surface area contributed by atoms with Gasteiger partial charge in [-0.05, 0) is 29.8 Å². The summed E-state index contributed by atoms with van der Waals surface area (Å²) in [6.07, 6.45) is -4.35. The minimum absolute atomic E-state index is 0.165. The maximum absolute atomic E-state index is 12.6. The molecule has 0 atom stereocenters. The molecule has 0 bridgehead atoms. The predicted molar refractivity (Wildman–Crippen MR) is 78.9 cm³/mol. The number of anilines is 1. The van der Waals surface area contributed by atoms with Crippen LogP contribution in [-0.2, 0) is 12.7 Å². The molecule has 0 unspecified atom stereocenters. The van der Waals surface area contributed by atoms with Crippen molar-refractivity contribution in [3.63, 3.8) is 0 Å². The monoisotopic (exact) mass is 311 g/mol. The third-order valence-electron chi connectivity index (χ3n) is 2.73. The van der Waals surface area contributed by atoms with Crippen molar-refractivity contribution >= 4 is 23.0 Å². The molecule has 0 amide bonds. The van der Waals surface area contributed by atoms with Crippen LogP contribution in [0.3, 0.4) is 0 Å². The molecular weight excluding hydrogens is 299 g/mol. The molecule has 7 heteroatoms. The zero-order valence-electron chi connectivity index (χ0n) is 10.8. The molecule has 0 radical (unpaired) electrons. The summed E-state index contributed by atoms with van der Waals surface area (Å²) >= 11 is 4.82. The Hall–Kier alpha value is -2.15. The van der Waals surface area contributed by atoms with Crippen molar-refractivity contribution in [2.75, 3.05) is 5.32 Å². The van der Waals surface area contributed by atoms with Gasteiger partial charge in [-0.25, -0.2) is 4.98 Å². The van der Waals surface area contributed by atoms with Crippen LogP contribution in [0.4, 0.5) is 19.0 Å². The molecule has 1 heterocycles. The number of nitrogens with zero attached hydrogens (tertiary/aromatic N) is 1. The summed E-state index contributed by atoms with van der Waals surface area (Å²) in [5, 5.41) is 2.94. The first-order valence-corrected chi connectivity index (χ1v) is 6.44. The number of pyridine rings is 1. The van der Waals surface area contributed by atoms with Gasteiger partial charge in [0.05, 0.1) is 11.3 Å². The lowest BCUT2D eigenvalue weighted by molar-refractivity contribution is -0.137. The van der Waals surface area contributed by atoms with Crippen molar-refractivity contribution in [3.05, 3.63) is 59.3 Å². The lowest BCUT2D eigenvalue weighted by atomic mass is 10.1. The highest BCUT2D eigenvalue weighted by molar-refractivity contribution is 7.80. The van der Waals surface area contributed by atoms with Gasteiger partial charge in [0.1, 0.15) is 10.8 Å². The number of nitrogens with two attached hydrogens (primary N) is 1. The summed E-state index contributed by atoms with van der Waals surface area (Å²) in [5.74, 6) is 0.498. The summed E-state index contributed by atoms with van der Waals surface area (Å²) in [5.41, 5.74) is 5.76. The molecule has 1 aromatic carbocycles. The van der Waals surface area contributed by atoms with Crippen LogP contribution < -0.4 is 11.1 Å². The number of alkyl halides is 3. The number of hydrogen-bond acceptors (Lipinski definition) is 3. The average molecular weight is 311 g/mol. The van der Waals surface area contributed by atoms with Crippen LogP contribution >= 0.6 is 12.2 Å². The highest BCUT2D eigenvalue weighted by atomic mass is 32.1. The fourth-order valence-electron chi connectivity index (χ4n) is 1.72. The number of aromatic nitrogens is 1. The standard InChI is InChI=1S/C14H12F3N3S/c15-14(16,17)10-4-1-3-9(7-10)8-19-12-6-2-5-11(20-12)13(18)21/h1-7H,8H2,(H2,18,21)(H,19,20). The van der Waals surface area contributed by atoms with E-state index in [0.29, 0.717) is 17.1 Å². The third-order valence-corrected chi connectivity index (χ3v) is 2.94. The van der Waals surface area contributed by atoms with Gasteiger partial charge in [-0.2, -0.15) is 13.2 Å². The number of hydrogen-bond donors (Lipinski definition) is 2. The molecule has 0 fully saturated rings. The number of benzene rings is 1. The van der Waals surface area contributed by atoms with E-state index in [1.807, 2.05) is 0 Å². The molecule has 0 aliphatic carbocycles. The van der Waals surface area contributed by atoms with Crippen molar-refractivity contribution in [3.8, 4) is 0 Å². The lowest BCUT2D eigenvalue weighted by Gasteiger charge is -2.10. The van der Waals surface area contributed by atoms with Crippen molar-refractivity contribution in [1.82, 2.24) is 4.98 Å². The molecule has 110 valence electrons. The molecule has 3 nitrogen and oxygen atoms in total. The van der Waals surface area contributed by atoms with Crippen LogP contribution in [0.25, 0.3) is 0 Å². The molecule has 21 heavy (non-hydrogen) atoms. The lowest BCUT2D eigenvalue weighted by Crippen LogP contribution is -2.13. The Balaban J connectivity index is 2.10. The molecule has 3 N–H and O–H groups in total. The Bertz CT molecular complexity index is 656. The van der Waals surface area contributed by atoms with Gasteiger partial charge in [-0.15, -0.1) is 0 Å². The van der Waals surface area contributed by atoms with Crippen LogP contribution in [0, 0.1) is 0 Å². The van der Waals surface area contributed by atoms with Gasteiger partial charge in [-0.3, -0.25) is 0 Å². The SMILES string of the molecule is NC(=S)c1cccc(NCc2cccc(C(F)(F)F)c2)n1. The van der Waals surface area contributed by atoms with E-state index in [9.17, 15) is 13.2 Å². The number of halogens is 3. The molecule has 0 spiro atoms. The van der Waals surface area contributed by atoms with Gasteiger partial charge in [0, 0.05) is 6.54 Å². The Morgan fingerprint density at radius 2 is 1.90 bits per heavy atom. The maximum atomic E-state index is 12.6. The fourth-order valence-corrected chi connectivity index (χ4v) is 1.83. The average Bonchev–Trinajstić information content (AvgIpc) is 2.45. The van der Waals surface area contributed by atoms with E-state index in [1.165, 1.54) is 6.07 Å². The number of rotatable bonds is 4. The van der Waals surface area contributed by atoms with E-state index in [0.717, 1.165) is 12.1 Å². The van der Waals surface area contributed by atoms with E-state index in [4.69, 9.17) is 18.0 Å². The number of thiocarbonyl (C=S) groups is 1. The molecule has 0 saturated heterocycles. The highest BCUT2D eigenvalue weighted by Gasteiger charge is 2.30. The summed E-state index contributed by atoms with van der Waals surface area (Å²) in [7, 11) is 0. The Labute approximate surface area is 125 Å². The minimum Gasteiger partial charge on any atom is -0.388 e. The van der Waals surface area contributed by atoms with Gasteiger partial charge in [0.15, 0.2) is 0 Å². The van der Waals surface area contributed by atoms with Crippen LogP contribution in [-0.4, -0.2) is 9.97 Å². The predicted octanol–water partition coefficient (Wildman–Crippen LogP) is 3.35. The first kappa shape index (κ1) is 15.2. The second-order valence-corrected chi connectivity index (χ2v) is 4.76. The van der Waals surface area contributed by atoms with Crippen molar-refractivity contribution in [1.29, 1.82) is 0 Å². The van der Waals surface area contributed by atoms with E-state index < -0.39 is 11.7 Å². The van der Waals surface area contributed by atoms with E-state index >= 15 is 0 Å². The third kappa shape index (κ3) is 4.16. The van der Waals surface area contributed by atoms with Crippen LogP contribution in [0.1, 0.15) is 16.8 Å². The topological polar surface area (TPSA) is 50.9 Å². The fraction of sp³-hybridized carbons (Fsp3) is 0.143. The van der Waals surface area contributed by atoms with Crippen molar-refractivity contribution in [2.24, 2.45) is 5.73 Å². The highest BCUT2D eigenvalue weighted by Crippen LogP contribution is 2.29. The largest absolute Gasteiger partial charge is 0.416 e. The summed E-state index contributed by atoms with van der Waals surface area (Å²) in [6.45, 7) is 0.220.